The minimum Gasteiger partial charge on any atom is -0.550 e. The summed E-state index contributed by atoms with van der Waals surface area (Å²) in [6.45, 7) is 2.03. The van der Waals surface area contributed by atoms with E-state index in [0.29, 0.717) is 17.9 Å². The molecule has 0 atom stereocenters. The van der Waals surface area contributed by atoms with Crippen LogP contribution in [-0.2, 0) is 29.0 Å². The number of carbonyl (C=O) groups excluding carboxylic acids is 2. The normalized spacial score (nSPS) is 12.8. The third kappa shape index (κ3) is 3.68. The topological polar surface area (TPSA) is 98.0 Å². The van der Waals surface area contributed by atoms with Crippen molar-refractivity contribution in [2.24, 2.45) is 0 Å². The van der Waals surface area contributed by atoms with Crippen LogP contribution < -0.4 is 28.6 Å². The van der Waals surface area contributed by atoms with Crippen molar-refractivity contribution in [2.45, 2.75) is 26.3 Å². The molecule has 8 nitrogen and oxygen atoms in total. The third-order valence-corrected chi connectivity index (χ3v) is 5.53. The molecule has 1 aromatic heterocycles. The van der Waals surface area contributed by atoms with Gasteiger partial charge in [-0.05, 0) is 36.8 Å². The molecule has 2 aromatic carbocycles. The molecule has 0 N–H and O–H groups in total. The molecule has 0 aliphatic carbocycles. The number of rotatable bonds is 4. The van der Waals surface area contributed by atoms with E-state index in [2.05, 4.69) is 16.8 Å². The first kappa shape index (κ1) is 21.4. The quantitative estimate of drug-likeness (QED) is 0.452. The van der Waals surface area contributed by atoms with Crippen molar-refractivity contribution in [3.05, 3.63) is 41.6 Å². The van der Waals surface area contributed by atoms with Crippen LogP contribution in [0.25, 0.3) is 22.0 Å². The van der Waals surface area contributed by atoms with Crippen LogP contribution in [-0.4, -0.2) is 33.3 Å². The highest BCUT2D eigenvalue weighted by atomic mass is 16.7. The summed E-state index contributed by atoms with van der Waals surface area (Å²) < 4.78 is 24.4. The average molecular weight is 437 g/mol. The van der Waals surface area contributed by atoms with E-state index in [1.165, 1.54) is 5.56 Å². The Labute approximate surface area is 184 Å². The van der Waals surface area contributed by atoms with Crippen molar-refractivity contribution in [1.29, 1.82) is 0 Å². The van der Waals surface area contributed by atoms with Crippen molar-refractivity contribution in [3.63, 3.8) is 0 Å². The minimum absolute atomic E-state index is 0.244. The summed E-state index contributed by atoms with van der Waals surface area (Å²) in [7, 11) is 3.26. The number of aromatic nitrogens is 1. The second kappa shape index (κ2) is 8.74. The molecule has 32 heavy (non-hydrogen) atoms. The SMILES string of the molecule is CC(=O)[O-].COc1ccc2c(CC=O)c3[n+](cc2c1OC)CCc1cc2c(cc1-3)OCO2. The highest BCUT2D eigenvalue weighted by molar-refractivity contribution is 5.96. The molecule has 2 aliphatic heterocycles. The van der Waals surface area contributed by atoms with Crippen LogP contribution in [0.1, 0.15) is 18.1 Å². The van der Waals surface area contributed by atoms with Gasteiger partial charge in [-0.15, -0.1) is 0 Å². The zero-order valence-corrected chi connectivity index (χ0v) is 18.1. The summed E-state index contributed by atoms with van der Waals surface area (Å²) in [5.41, 5.74) is 4.32. The van der Waals surface area contributed by atoms with Crippen molar-refractivity contribution >= 4 is 23.0 Å². The Kier molecular flexibility index (Phi) is 5.85. The highest BCUT2D eigenvalue weighted by Gasteiger charge is 2.32. The van der Waals surface area contributed by atoms with Crippen LogP contribution in [0, 0.1) is 0 Å². The van der Waals surface area contributed by atoms with Gasteiger partial charge in [0.25, 0.3) is 0 Å². The zero-order valence-electron chi connectivity index (χ0n) is 18.1. The number of carbonyl (C=O) groups is 2. The fraction of sp³-hybridized carbons (Fsp3) is 0.292. The minimum atomic E-state index is -1.08. The van der Waals surface area contributed by atoms with E-state index < -0.39 is 5.97 Å². The van der Waals surface area contributed by atoms with Gasteiger partial charge in [0.15, 0.2) is 35.7 Å². The molecule has 2 aliphatic rings. The number of pyridine rings is 1. The molecule has 0 fully saturated rings. The molecule has 0 amide bonds. The van der Waals surface area contributed by atoms with Crippen LogP contribution in [0.2, 0.25) is 0 Å². The van der Waals surface area contributed by atoms with Gasteiger partial charge in [-0.1, -0.05) is 0 Å². The number of ether oxygens (including phenoxy) is 4. The summed E-state index contributed by atoms with van der Waals surface area (Å²) >= 11 is 0. The van der Waals surface area contributed by atoms with Crippen molar-refractivity contribution in [2.75, 3.05) is 21.0 Å². The maximum Gasteiger partial charge on any atom is 0.231 e. The number of hydrogen-bond acceptors (Lipinski definition) is 7. The molecule has 0 saturated heterocycles. The van der Waals surface area contributed by atoms with Crippen molar-refractivity contribution < 1.29 is 38.2 Å². The van der Waals surface area contributed by atoms with Crippen LogP contribution in [0.3, 0.4) is 0 Å². The maximum atomic E-state index is 11.6. The Morgan fingerprint density at radius 2 is 1.88 bits per heavy atom. The number of carboxylic acid groups (broad SMARTS) is 1. The Hall–Kier alpha value is -3.81. The van der Waals surface area contributed by atoms with Crippen molar-refractivity contribution in [1.82, 2.24) is 0 Å². The number of aryl methyl sites for hydroxylation is 2. The van der Waals surface area contributed by atoms with Gasteiger partial charge >= 0.3 is 0 Å². The molecule has 3 aromatic rings. The van der Waals surface area contributed by atoms with E-state index in [1.807, 2.05) is 18.2 Å². The Morgan fingerprint density at radius 3 is 2.53 bits per heavy atom. The summed E-state index contributed by atoms with van der Waals surface area (Å²) in [6.07, 6.45) is 4.24. The largest absolute Gasteiger partial charge is 0.550 e. The lowest BCUT2D eigenvalue weighted by atomic mass is 9.90. The first-order valence-corrected chi connectivity index (χ1v) is 10.1. The number of aldehydes is 1. The molecule has 166 valence electrons. The van der Waals surface area contributed by atoms with Gasteiger partial charge in [0.1, 0.15) is 6.29 Å². The summed E-state index contributed by atoms with van der Waals surface area (Å²) in [5, 5.41) is 10.8. The summed E-state index contributed by atoms with van der Waals surface area (Å²) in [5.74, 6) is 1.80. The molecular formula is C24H23NO7. The van der Waals surface area contributed by atoms with E-state index in [9.17, 15) is 4.79 Å². The first-order chi connectivity index (χ1) is 15.5. The van der Waals surface area contributed by atoms with Gasteiger partial charge in [-0.25, -0.2) is 0 Å². The number of hydrogen-bond donors (Lipinski definition) is 0. The summed E-state index contributed by atoms with van der Waals surface area (Å²) in [6, 6.07) is 7.97. The van der Waals surface area contributed by atoms with Crippen molar-refractivity contribution in [3.8, 4) is 34.3 Å². The van der Waals surface area contributed by atoms with E-state index in [0.717, 1.165) is 65.3 Å². The smallest absolute Gasteiger partial charge is 0.231 e. The fourth-order valence-corrected chi connectivity index (χ4v) is 4.30. The molecule has 3 heterocycles. The predicted molar refractivity (Wildman–Crippen MR) is 113 cm³/mol. The highest BCUT2D eigenvalue weighted by Crippen LogP contribution is 2.43. The second-order valence-corrected chi connectivity index (χ2v) is 7.39. The van der Waals surface area contributed by atoms with E-state index in [-0.39, 0.29) is 6.79 Å². The lowest BCUT2D eigenvalue weighted by molar-refractivity contribution is -0.686. The van der Waals surface area contributed by atoms with Crippen LogP contribution in [0.4, 0.5) is 0 Å². The number of carboxylic acids is 1. The van der Waals surface area contributed by atoms with E-state index in [1.54, 1.807) is 14.2 Å². The molecule has 5 rings (SSSR count). The van der Waals surface area contributed by atoms with Crippen LogP contribution >= 0.6 is 0 Å². The molecule has 0 bridgehead atoms. The van der Waals surface area contributed by atoms with Gasteiger partial charge in [0.05, 0.1) is 25.2 Å². The van der Waals surface area contributed by atoms with Crippen LogP contribution in [0.15, 0.2) is 30.5 Å². The van der Waals surface area contributed by atoms with Crippen LogP contribution in [0.5, 0.6) is 23.0 Å². The molecular weight excluding hydrogens is 414 g/mol. The first-order valence-electron chi connectivity index (χ1n) is 10.1. The zero-order chi connectivity index (χ0) is 22.8. The average Bonchev–Trinajstić information content (AvgIpc) is 3.23. The van der Waals surface area contributed by atoms with Gasteiger partial charge in [0, 0.05) is 29.8 Å². The Bertz CT molecular complexity index is 1220. The molecule has 0 radical (unpaired) electrons. The van der Waals surface area contributed by atoms with Gasteiger partial charge < -0.3 is 33.6 Å². The maximum absolute atomic E-state index is 11.6. The molecule has 0 spiro atoms. The number of benzene rings is 2. The fourth-order valence-electron chi connectivity index (χ4n) is 4.30. The Morgan fingerprint density at radius 1 is 1.16 bits per heavy atom. The standard InChI is InChI=1S/C22H20NO5.C2H4O2/c1-25-18-4-3-14-15(6-8-24)21-16-10-20-19(27-12-28-20)9-13(16)5-7-23(21)11-17(14)22(18)26-2;1-2(3)4/h3-4,8-11H,5-7,12H2,1-2H3;1H3,(H,3,4)/q+1;/p-1. The third-order valence-electron chi connectivity index (χ3n) is 5.53. The van der Waals surface area contributed by atoms with E-state index in [4.69, 9.17) is 28.8 Å². The number of methoxy groups -OCH3 is 2. The monoisotopic (exact) mass is 437 g/mol. The summed E-state index contributed by atoms with van der Waals surface area (Å²) in [4.78, 5) is 20.5. The number of nitrogens with zero attached hydrogens (tertiary/aromatic N) is 1. The molecule has 8 heteroatoms. The van der Waals surface area contributed by atoms with E-state index >= 15 is 0 Å². The van der Waals surface area contributed by atoms with Gasteiger partial charge in [0.2, 0.25) is 12.5 Å². The number of fused-ring (bicyclic) bond motifs is 5. The second-order valence-electron chi connectivity index (χ2n) is 7.39. The lowest BCUT2D eigenvalue weighted by Crippen LogP contribution is -2.41. The lowest BCUT2D eigenvalue weighted by Gasteiger charge is -2.20. The molecule has 0 unspecified atom stereocenters. The Balaban J connectivity index is 0.000000567. The predicted octanol–water partition coefficient (Wildman–Crippen LogP) is 1.59. The van der Waals surface area contributed by atoms with Gasteiger partial charge in [-0.3, -0.25) is 0 Å². The molecule has 0 saturated carbocycles. The van der Waals surface area contributed by atoms with Gasteiger partial charge in [-0.2, -0.15) is 4.57 Å². The number of aliphatic carboxylic acids is 1.